The molecular weight excluding hydrogens is 244 g/mol. The molecule has 0 aliphatic carbocycles. The largest absolute Gasteiger partial charge is 0.385 e. The molecule has 1 aromatic carbocycles. The van der Waals surface area contributed by atoms with E-state index in [0.29, 0.717) is 0 Å². The molecule has 1 unspecified atom stereocenters. The molecule has 3 rings (SSSR count). The van der Waals surface area contributed by atoms with Gasteiger partial charge in [0, 0.05) is 18.8 Å². The third kappa shape index (κ3) is 2.96. The Morgan fingerprint density at radius 1 is 1.25 bits per heavy atom. The number of hydrogen-bond donors (Lipinski definition) is 2. The first-order valence-corrected chi connectivity index (χ1v) is 7.74. The fourth-order valence-electron chi connectivity index (χ4n) is 3.22. The highest BCUT2D eigenvalue weighted by Crippen LogP contribution is 2.27. The van der Waals surface area contributed by atoms with Gasteiger partial charge in [-0.2, -0.15) is 0 Å². The van der Waals surface area contributed by atoms with Crippen LogP contribution in [0.25, 0.3) is 0 Å². The Morgan fingerprint density at radius 3 is 3.05 bits per heavy atom. The summed E-state index contributed by atoms with van der Waals surface area (Å²) in [7, 11) is 0. The number of rotatable bonds is 2. The van der Waals surface area contributed by atoms with Gasteiger partial charge in [0.05, 0.1) is 0 Å². The molecule has 2 heterocycles. The second kappa shape index (κ2) is 6.27. The number of hydrogen-bond acceptors (Lipinski definition) is 2. The van der Waals surface area contributed by atoms with Crippen LogP contribution in [-0.2, 0) is 6.42 Å². The van der Waals surface area contributed by atoms with Crippen LogP contribution in [0.3, 0.4) is 0 Å². The van der Waals surface area contributed by atoms with Crippen molar-refractivity contribution in [1.82, 2.24) is 5.32 Å². The molecule has 0 amide bonds. The lowest BCUT2D eigenvalue weighted by Crippen LogP contribution is -2.26. The highest BCUT2D eigenvalue weighted by Gasteiger charge is 2.17. The number of para-hydroxylation sites is 1. The van der Waals surface area contributed by atoms with Crippen molar-refractivity contribution < 1.29 is 0 Å². The minimum absolute atomic E-state index is 0.727. The van der Waals surface area contributed by atoms with Gasteiger partial charge in [0.1, 0.15) is 0 Å². The molecule has 1 fully saturated rings. The molecule has 0 spiro atoms. The summed E-state index contributed by atoms with van der Waals surface area (Å²) in [6.45, 7) is 5.40. The van der Waals surface area contributed by atoms with Gasteiger partial charge < -0.3 is 10.6 Å². The van der Waals surface area contributed by atoms with Gasteiger partial charge in [-0.3, -0.25) is 0 Å². The van der Waals surface area contributed by atoms with E-state index in [1.54, 1.807) is 5.57 Å². The molecule has 0 bridgehead atoms. The molecular formula is C18H24N2. The van der Waals surface area contributed by atoms with Gasteiger partial charge in [-0.15, -0.1) is 0 Å². The number of allylic oxidation sites excluding steroid dienone is 2. The maximum absolute atomic E-state index is 3.57. The molecule has 2 aliphatic heterocycles. The summed E-state index contributed by atoms with van der Waals surface area (Å²) >= 11 is 0. The van der Waals surface area contributed by atoms with E-state index in [1.165, 1.54) is 36.1 Å². The molecule has 106 valence electrons. The van der Waals surface area contributed by atoms with Gasteiger partial charge in [0.15, 0.2) is 0 Å². The van der Waals surface area contributed by atoms with Gasteiger partial charge >= 0.3 is 0 Å². The van der Waals surface area contributed by atoms with E-state index >= 15 is 0 Å². The molecule has 1 saturated heterocycles. The zero-order valence-electron chi connectivity index (χ0n) is 12.3. The Hall–Kier alpha value is -1.54. The predicted molar refractivity (Wildman–Crippen MR) is 86.1 cm³/mol. The van der Waals surface area contributed by atoms with E-state index in [1.807, 2.05) is 0 Å². The highest BCUT2D eigenvalue weighted by atomic mass is 14.9. The van der Waals surface area contributed by atoms with Crippen LogP contribution >= 0.6 is 0 Å². The summed E-state index contributed by atoms with van der Waals surface area (Å²) in [4.78, 5) is 0. The minimum atomic E-state index is 0.727. The lowest BCUT2D eigenvalue weighted by Gasteiger charge is -2.26. The summed E-state index contributed by atoms with van der Waals surface area (Å²) in [5, 5.41) is 7.01. The number of benzene rings is 1. The van der Waals surface area contributed by atoms with E-state index in [-0.39, 0.29) is 0 Å². The van der Waals surface area contributed by atoms with E-state index in [9.17, 15) is 0 Å². The molecule has 0 aromatic heterocycles. The van der Waals surface area contributed by atoms with Crippen molar-refractivity contribution in [1.29, 1.82) is 0 Å². The summed E-state index contributed by atoms with van der Waals surface area (Å²) in [6.07, 6.45) is 8.31. The van der Waals surface area contributed by atoms with Crippen molar-refractivity contribution in [2.45, 2.75) is 26.2 Å². The third-order valence-corrected chi connectivity index (χ3v) is 4.45. The van der Waals surface area contributed by atoms with E-state index in [4.69, 9.17) is 0 Å². The molecule has 2 aliphatic rings. The zero-order valence-corrected chi connectivity index (χ0v) is 12.3. The summed E-state index contributed by atoms with van der Waals surface area (Å²) in [6, 6.07) is 8.70. The molecule has 0 saturated carbocycles. The van der Waals surface area contributed by atoms with Crippen LogP contribution in [0.1, 0.15) is 25.3 Å². The highest BCUT2D eigenvalue weighted by molar-refractivity contribution is 5.53. The van der Waals surface area contributed by atoms with E-state index in [2.05, 4.69) is 54.0 Å². The van der Waals surface area contributed by atoms with E-state index < -0.39 is 0 Å². The first-order chi connectivity index (χ1) is 9.86. The Morgan fingerprint density at radius 2 is 2.15 bits per heavy atom. The van der Waals surface area contributed by atoms with Crippen molar-refractivity contribution in [3.8, 4) is 0 Å². The molecule has 1 atom stereocenters. The Kier molecular flexibility index (Phi) is 4.22. The fourth-order valence-corrected chi connectivity index (χ4v) is 3.22. The average molecular weight is 268 g/mol. The van der Waals surface area contributed by atoms with Crippen LogP contribution in [0, 0.1) is 5.92 Å². The first kappa shape index (κ1) is 13.4. The van der Waals surface area contributed by atoms with Gasteiger partial charge in [-0.05, 0) is 61.4 Å². The molecule has 2 nitrogen and oxygen atoms in total. The monoisotopic (exact) mass is 268 g/mol. The molecule has 0 radical (unpaired) electrons. The molecule has 20 heavy (non-hydrogen) atoms. The van der Waals surface area contributed by atoms with Crippen LogP contribution in [0.5, 0.6) is 0 Å². The lowest BCUT2D eigenvalue weighted by molar-refractivity contribution is 0.542. The predicted octanol–water partition coefficient (Wildman–Crippen LogP) is 3.53. The second-order valence-corrected chi connectivity index (χ2v) is 5.81. The second-order valence-electron chi connectivity index (χ2n) is 5.81. The molecule has 2 N–H and O–H groups in total. The summed E-state index contributed by atoms with van der Waals surface area (Å²) < 4.78 is 0. The molecule has 2 heteroatoms. The van der Waals surface area contributed by atoms with Gasteiger partial charge in [-0.1, -0.05) is 30.4 Å². The first-order valence-electron chi connectivity index (χ1n) is 7.74. The van der Waals surface area contributed by atoms with Crippen LogP contribution in [0.15, 0.2) is 47.6 Å². The number of anilines is 1. The van der Waals surface area contributed by atoms with Crippen LogP contribution in [0.4, 0.5) is 5.69 Å². The standard InChI is InChI=1S/C18H24N2/c1-2-15-13-19-10-9-16(15)8-7-14-11-17-5-3-4-6-18(17)20-12-14/h2-6,8,14,19-20H,7,9-13H2,1H3. The maximum atomic E-state index is 3.57. The third-order valence-electron chi connectivity index (χ3n) is 4.45. The Balaban J connectivity index is 1.65. The quantitative estimate of drug-likeness (QED) is 0.857. The number of nitrogens with one attached hydrogen (secondary N) is 2. The van der Waals surface area contributed by atoms with Crippen molar-refractivity contribution in [2.75, 3.05) is 25.0 Å². The summed E-state index contributed by atoms with van der Waals surface area (Å²) in [5.74, 6) is 0.727. The Bertz CT molecular complexity index is 528. The van der Waals surface area contributed by atoms with Gasteiger partial charge in [0.2, 0.25) is 0 Å². The van der Waals surface area contributed by atoms with Crippen molar-refractivity contribution in [2.24, 2.45) is 5.92 Å². The van der Waals surface area contributed by atoms with Crippen LogP contribution < -0.4 is 10.6 Å². The van der Waals surface area contributed by atoms with Crippen LogP contribution in [-0.4, -0.2) is 19.6 Å². The smallest absolute Gasteiger partial charge is 0.0372 e. The minimum Gasteiger partial charge on any atom is -0.385 e. The Labute approximate surface area is 122 Å². The normalized spacial score (nSPS) is 26.4. The SMILES string of the molecule is CC=C1CNCCC1=CCC1CNc2ccccc2C1. The fraction of sp³-hybridized carbons (Fsp3) is 0.444. The lowest BCUT2D eigenvalue weighted by atomic mass is 9.89. The topological polar surface area (TPSA) is 24.1 Å². The van der Waals surface area contributed by atoms with Crippen molar-refractivity contribution >= 4 is 5.69 Å². The average Bonchev–Trinajstić information content (AvgIpc) is 2.53. The van der Waals surface area contributed by atoms with Gasteiger partial charge in [-0.25, -0.2) is 0 Å². The number of fused-ring (bicyclic) bond motifs is 1. The van der Waals surface area contributed by atoms with Crippen molar-refractivity contribution in [3.63, 3.8) is 0 Å². The maximum Gasteiger partial charge on any atom is 0.0372 e. The van der Waals surface area contributed by atoms with Gasteiger partial charge in [0.25, 0.3) is 0 Å². The van der Waals surface area contributed by atoms with Crippen LogP contribution in [0.2, 0.25) is 0 Å². The summed E-state index contributed by atoms with van der Waals surface area (Å²) in [5.41, 5.74) is 5.84. The molecule has 1 aromatic rings. The number of piperidine rings is 1. The van der Waals surface area contributed by atoms with Crippen molar-refractivity contribution in [3.05, 3.63) is 53.1 Å². The van der Waals surface area contributed by atoms with E-state index in [0.717, 1.165) is 25.6 Å². The zero-order chi connectivity index (χ0) is 13.8.